The first-order valence-corrected chi connectivity index (χ1v) is 8.55. The molecule has 0 bridgehead atoms. The van der Waals surface area contributed by atoms with Crippen LogP contribution in [0.2, 0.25) is 0 Å². The minimum absolute atomic E-state index is 0.0577. The van der Waals surface area contributed by atoms with Crippen molar-refractivity contribution >= 4 is 17.6 Å². The van der Waals surface area contributed by atoms with Crippen LogP contribution in [0.15, 0.2) is 54.6 Å². The zero-order valence-corrected chi connectivity index (χ0v) is 15.0. The molecular weight excluding hydrogens is 314 g/mol. The smallest absolute Gasteiger partial charge is 0.338 e. The average Bonchev–Trinajstić information content (AvgIpc) is 2.60. The van der Waals surface area contributed by atoms with Gasteiger partial charge in [-0.25, -0.2) is 4.79 Å². The molecule has 1 N–H and O–H groups in total. The molecule has 0 heterocycles. The molecule has 4 nitrogen and oxygen atoms in total. The Hall–Kier alpha value is -2.62. The first kappa shape index (κ1) is 18.7. The van der Waals surface area contributed by atoms with Gasteiger partial charge < -0.3 is 10.1 Å². The van der Waals surface area contributed by atoms with Crippen LogP contribution in [0.1, 0.15) is 43.1 Å². The lowest BCUT2D eigenvalue weighted by atomic mass is 9.84. The maximum absolute atomic E-state index is 12.6. The lowest BCUT2D eigenvalue weighted by Crippen LogP contribution is -2.32. The number of hydrogen-bond donors (Lipinski definition) is 1. The number of esters is 1. The molecule has 0 spiro atoms. The number of rotatable bonds is 7. The molecule has 0 aliphatic carbocycles. The second kappa shape index (κ2) is 8.47. The van der Waals surface area contributed by atoms with Gasteiger partial charge >= 0.3 is 5.97 Å². The normalized spacial score (nSPS) is 11.0. The number of nitrogens with one attached hydrogen (secondary N) is 1. The van der Waals surface area contributed by atoms with Crippen LogP contribution < -0.4 is 5.32 Å². The van der Waals surface area contributed by atoms with E-state index in [1.54, 1.807) is 24.3 Å². The zero-order valence-electron chi connectivity index (χ0n) is 15.0. The Labute approximate surface area is 149 Å². The minimum Gasteiger partial charge on any atom is -0.462 e. The molecule has 0 aliphatic heterocycles. The summed E-state index contributed by atoms with van der Waals surface area (Å²) in [6, 6.07) is 16.7. The van der Waals surface area contributed by atoms with E-state index < -0.39 is 5.41 Å². The highest BCUT2D eigenvalue weighted by molar-refractivity contribution is 5.96. The quantitative estimate of drug-likeness (QED) is 0.758. The molecular formula is C21H25NO3. The number of ether oxygens (including phenoxy) is 1. The Bertz CT molecular complexity index is 706. The Morgan fingerprint density at radius 2 is 1.64 bits per heavy atom. The third kappa shape index (κ3) is 5.45. The first-order chi connectivity index (χ1) is 11.9. The Kier molecular flexibility index (Phi) is 6.34. The second-order valence-electron chi connectivity index (χ2n) is 6.71. The van der Waals surface area contributed by atoms with Crippen LogP contribution in [0, 0.1) is 5.41 Å². The summed E-state index contributed by atoms with van der Waals surface area (Å²) in [4.78, 5) is 24.4. The molecule has 0 aliphatic rings. The van der Waals surface area contributed by atoms with Gasteiger partial charge in [-0.1, -0.05) is 51.1 Å². The van der Waals surface area contributed by atoms with E-state index in [0.29, 0.717) is 24.3 Å². The fraction of sp³-hybridized carbons (Fsp3) is 0.333. The van der Waals surface area contributed by atoms with Crippen molar-refractivity contribution < 1.29 is 14.3 Å². The largest absolute Gasteiger partial charge is 0.462 e. The van der Waals surface area contributed by atoms with Gasteiger partial charge in [-0.15, -0.1) is 0 Å². The predicted molar refractivity (Wildman–Crippen MR) is 99.6 cm³/mol. The summed E-state index contributed by atoms with van der Waals surface area (Å²) >= 11 is 0. The molecule has 0 radical (unpaired) electrons. The van der Waals surface area contributed by atoms with E-state index in [2.05, 4.69) is 5.32 Å². The van der Waals surface area contributed by atoms with Gasteiger partial charge in [-0.3, -0.25) is 4.79 Å². The van der Waals surface area contributed by atoms with Crippen LogP contribution in [-0.4, -0.2) is 18.5 Å². The van der Waals surface area contributed by atoms with Gasteiger partial charge in [0, 0.05) is 11.1 Å². The van der Waals surface area contributed by atoms with Gasteiger partial charge in [0.25, 0.3) is 0 Å². The molecule has 25 heavy (non-hydrogen) atoms. The van der Waals surface area contributed by atoms with Crippen molar-refractivity contribution in [3.05, 3.63) is 65.7 Å². The van der Waals surface area contributed by atoms with Gasteiger partial charge in [-0.2, -0.15) is 0 Å². The average molecular weight is 339 g/mol. The van der Waals surface area contributed by atoms with E-state index in [-0.39, 0.29) is 11.9 Å². The number of benzene rings is 2. The standard InChI is InChI=1S/C21H25NO3/c1-4-14-25-19(23)17-10-12-18(13-11-17)22-20(24)21(2,3)15-16-8-6-5-7-9-16/h5-13H,4,14-15H2,1-3H3,(H,22,24). The van der Waals surface area contributed by atoms with E-state index in [0.717, 1.165) is 12.0 Å². The Balaban J connectivity index is 1.98. The van der Waals surface area contributed by atoms with Crippen molar-refractivity contribution in [3.63, 3.8) is 0 Å². The third-order valence-corrected chi connectivity index (χ3v) is 3.92. The summed E-state index contributed by atoms with van der Waals surface area (Å²) < 4.78 is 5.09. The fourth-order valence-corrected chi connectivity index (χ4v) is 2.45. The summed E-state index contributed by atoms with van der Waals surface area (Å²) in [5.74, 6) is -0.401. The molecule has 2 rings (SSSR count). The summed E-state index contributed by atoms with van der Waals surface area (Å²) in [5.41, 5.74) is 1.73. The monoisotopic (exact) mass is 339 g/mol. The van der Waals surface area contributed by atoms with E-state index >= 15 is 0 Å². The highest BCUT2D eigenvalue weighted by Crippen LogP contribution is 2.24. The van der Waals surface area contributed by atoms with Gasteiger partial charge in [0.15, 0.2) is 0 Å². The van der Waals surface area contributed by atoms with E-state index in [1.165, 1.54) is 0 Å². The molecule has 0 fully saturated rings. The molecule has 4 heteroatoms. The van der Waals surface area contributed by atoms with E-state index in [9.17, 15) is 9.59 Å². The minimum atomic E-state index is -0.542. The summed E-state index contributed by atoms with van der Waals surface area (Å²) in [7, 11) is 0. The zero-order chi connectivity index (χ0) is 18.3. The van der Waals surface area contributed by atoms with Crippen LogP contribution in [0.4, 0.5) is 5.69 Å². The van der Waals surface area contributed by atoms with Crippen LogP contribution in [-0.2, 0) is 16.0 Å². The molecule has 0 aromatic heterocycles. The molecule has 0 saturated heterocycles. The van der Waals surface area contributed by atoms with Crippen molar-refractivity contribution in [1.82, 2.24) is 0 Å². The lowest BCUT2D eigenvalue weighted by molar-refractivity contribution is -0.123. The first-order valence-electron chi connectivity index (χ1n) is 8.55. The highest BCUT2D eigenvalue weighted by atomic mass is 16.5. The molecule has 0 atom stereocenters. The Morgan fingerprint density at radius 1 is 1.00 bits per heavy atom. The van der Waals surface area contributed by atoms with Crippen LogP contribution >= 0.6 is 0 Å². The number of carbonyl (C=O) groups is 2. The third-order valence-electron chi connectivity index (χ3n) is 3.92. The number of carbonyl (C=O) groups excluding carboxylic acids is 2. The lowest BCUT2D eigenvalue weighted by Gasteiger charge is -2.23. The van der Waals surface area contributed by atoms with Gasteiger partial charge in [0.1, 0.15) is 0 Å². The van der Waals surface area contributed by atoms with E-state index in [4.69, 9.17) is 4.74 Å². The van der Waals surface area contributed by atoms with Crippen molar-refractivity contribution in [3.8, 4) is 0 Å². The molecule has 0 unspecified atom stereocenters. The molecule has 0 saturated carbocycles. The molecule has 132 valence electrons. The maximum Gasteiger partial charge on any atom is 0.338 e. The molecule has 2 aromatic rings. The molecule has 2 aromatic carbocycles. The van der Waals surface area contributed by atoms with Crippen molar-refractivity contribution in [2.45, 2.75) is 33.6 Å². The SMILES string of the molecule is CCCOC(=O)c1ccc(NC(=O)C(C)(C)Cc2ccccc2)cc1. The van der Waals surface area contributed by atoms with E-state index in [1.807, 2.05) is 51.1 Å². The van der Waals surface area contributed by atoms with Crippen molar-refractivity contribution in [1.29, 1.82) is 0 Å². The molecule has 1 amide bonds. The van der Waals surface area contributed by atoms with Gasteiger partial charge in [0.05, 0.1) is 12.2 Å². The van der Waals surface area contributed by atoms with Gasteiger partial charge in [0.2, 0.25) is 5.91 Å². The highest BCUT2D eigenvalue weighted by Gasteiger charge is 2.28. The topological polar surface area (TPSA) is 55.4 Å². The fourth-order valence-electron chi connectivity index (χ4n) is 2.45. The number of amides is 1. The van der Waals surface area contributed by atoms with Crippen molar-refractivity contribution in [2.24, 2.45) is 5.41 Å². The van der Waals surface area contributed by atoms with Crippen LogP contribution in [0.3, 0.4) is 0 Å². The number of hydrogen-bond acceptors (Lipinski definition) is 3. The predicted octanol–water partition coefficient (Wildman–Crippen LogP) is 4.46. The summed E-state index contributed by atoms with van der Waals surface area (Å²) in [6.45, 7) is 6.20. The summed E-state index contributed by atoms with van der Waals surface area (Å²) in [6.07, 6.45) is 1.44. The van der Waals surface area contributed by atoms with Crippen molar-refractivity contribution in [2.75, 3.05) is 11.9 Å². The Morgan fingerprint density at radius 3 is 2.24 bits per heavy atom. The number of anilines is 1. The maximum atomic E-state index is 12.6. The second-order valence-corrected chi connectivity index (χ2v) is 6.71. The summed E-state index contributed by atoms with van der Waals surface area (Å²) in [5, 5.41) is 2.92. The van der Waals surface area contributed by atoms with Gasteiger partial charge in [-0.05, 0) is 42.7 Å². The van der Waals surface area contributed by atoms with Crippen LogP contribution in [0.25, 0.3) is 0 Å². The van der Waals surface area contributed by atoms with Crippen LogP contribution in [0.5, 0.6) is 0 Å².